The summed E-state index contributed by atoms with van der Waals surface area (Å²) in [6.07, 6.45) is 3.31. The number of halogens is 4. The Hall–Kier alpha value is -1.16. The number of rotatable bonds is 8. The van der Waals surface area contributed by atoms with E-state index in [0.717, 1.165) is 0 Å². The molecule has 3 aromatic carbocycles. The fraction of sp³-hybridized carbons (Fsp3) is 0.222. The van der Waals surface area contributed by atoms with E-state index in [-0.39, 0.29) is 100 Å². The number of carboxylic acid groups (broad SMARTS) is 1. The number of carboxylic acids is 1. The number of nitrogens with zero attached hydrogens (tertiary/aromatic N) is 3. The molecule has 1 heterocycles. The van der Waals surface area contributed by atoms with Gasteiger partial charge in [0.15, 0.2) is 0 Å². The molecule has 5 rings (SSSR count). The topological polar surface area (TPSA) is 199 Å². The van der Waals surface area contributed by atoms with Gasteiger partial charge in [0, 0.05) is 51.0 Å². The van der Waals surface area contributed by atoms with Crippen LogP contribution in [-0.2, 0) is 20.7 Å². The fourth-order valence-electron chi connectivity index (χ4n) is 5.46. The van der Waals surface area contributed by atoms with Gasteiger partial charge in [0.05, 0.1) is 30.7 Å². The first-order chi connectivity index (χ1) is 25.1. The largest absolute Gasteiger partial charge is 1.00 e. The Morgan fingerprint density at radius 1 is 0.873 bits per heavy atom. The molecule has 1 atom stereocenters. The second kappa shape index (κ2) is 23.4. The maximum absolute atomic E-state index is 12.5. The molecule has 1 aliphatic carbocycles. The fourth-order valence-corrected chi connectivity index (χ4v) is 9.00. The quantitative estimate of drug-likeness (QED) is 0.128. The van der Waals surface area contributed by atoms with Crippen LogP contribution in [0.5, 0.6) is 5.75 Å². The molecule has 278 valence electrons. The van der Waals surface area contributed by atoms with E-state index in [1.165, 1.54) is 18.2 Å². The van der Waals surface area contributed by atoms with Crippen molar-refractivity contribution in [1.29, 1.82) is 0 Å². The van der Waals surface area contributed by atoms with Crippen LogP contribution < -0.4 is 75.1 Å². The van der Waals surface area contributed by atoms with Gasteiger partial charge >= 0.3 is 65.2 Å². The molecule has 1 aliphatic heterocycles. The van der Waals surface area contributed by atoms with Gasteiger partial charge in [0.25, 0.3) is 5.69 Å². The summed E-state index contributed by atoms with van der Waals surface area (Å²) in [6.45, 7) is 3.62. The number of nitro groups is 1. The van der Waals surface area contributed by atoms with Crippen LogP contribution in [0, 0.1) is 17.3 Å². The van der Waals surface area contributed by atoms with Crippen LogP contribution in [0.2, 0.25) is 0 Å². The summed E-state index contributed by atoms with van der Waals surface area (Å²) < 4.78 is 7.08. The Morgan fingerprint density at radius 3 is 1.95 bits per heavy atom. The van der Waals surface area contributed by atoms with Crippen LogP contribution in [0.3, 0.4) is 0 Å². The molecule has 2 aliphatic rings. The van der Waals surface area contributed by atoms with Crippen molar-refractivity contribution < 1.29 is 98.2 Å². The number of hydrogen-bond donors (Lipinski definition) is 1. The number of piperazine rings is 1. The molecule has 13 nitrogen and oxygen atoms in total. The van der Waals surface area contributed by atoms with Crippen molar-refractivity contribution in [3.63, 3.8) is 0 Å². The molecule has 55 heavy (non-hydrogen) atoms. The maximum atomic E-state index is 12.5. The Morgan fingerprint density at radius 2 is 1.42 bits per heavy atom. The summed E-state index contributed by atoms with van der Waals surface area (Å²) in [4.78, 5) is 61.5. The van der Waals surface area contributed by atoms with E-state index in [1.54, 1.807) is 71.3 Å². The maximum Gasteiger partial charge on any atom is 1.00 e. The minimum absolute atomic E-state index is 0. The molecule has 0 unspecified atom stereocenters. The molecule has 0 saturated carbocycles. The predicted molar refractivity (Wildman–Crippen MR) is 227 cm³/mol. The zero-order valence-corrected chi connectivity index (χ0v) is 42.5. The van der Waals surface area contributed by atoms with Gasteiger partial charge < -0.3 is 35.3 Å². The standard InChI is InChI=1S/C20H10I4O4.C16H22N4O5.2Na/c21-13-5-9(6-14(22)18(13)25)17(10-7-15(23)19(26)16(24)8-10)11-3-1-2-4-12(11)20(27)28;1-2-25-16(22)19-8-6-18(7-9-19)15(21)14(17)11-12-4-3-5-13(10-12)20(23)24;;/h1-8,25H,(H,27,28);3-5,10,14H,2,6-9,11,17H2,1H3;;/q;;2*+1/p-2/t;14-;;/m.0../s1. The van der Waals surface area contributed by atoms with Crippen LogP contribution in [0.15, 0.2) is 85.5 Å². The molecule has 0 bridgehead atoms. The third-order valence-electron chi connectivity index (χ3n) is 8.00. The van der Waals surface area contributed by atoms with E-state index in [9.17, 15) is 39.5 Å². The molecule has 0 spiro atoms. The van der Waals surface area contributed by atoms with Crippen molar-refractivity contribution in [3.05, 3.63) is 125 Å². The number of nitrogens with two attached hydrogens (primary N) is 1. The van der Waals surface area contributed by atoms with E-state index in [0.29, 0.717) is 74.9 Å². The van der Waals surface area contributed by atoms with Gasteiger partial charge in [0.1, 0.15) is 0 Å². The van der Waals surface area contributed by atoms with E-state index in [4.69, 9.17) is 10.5 Å². The van der Waals surface area contributed by atoms with Gasteiger partial charge in [-0.15, -0.1) is 0 Å². The molecule has 2 N–H and O–H groups in total. The average Bonchev–Trinajstić information content (AvgIpc) is 3.13. The Labute approximate surface area is 416 Å². The number of allylic oxidation sites excluding steroid dienone is 5. The summed E-state index contributed by atoms with van der Waals surface area (Å²) in [7, 11) is 0. The average molecular weight is 1220 g/mol. The summed E-state index contributed by atoms with van der Waals surface area (Å²) in [5, 5.41) is 34.7. The second-order valence-corrected chi connectivity index (χ2v) is 16.1. The van der Waals surface area contributed by atoms with E-state index in [1.807, 2.05) is 90.4 Å². The first-order valence-electron chi connectivity index (χ1n) is 15.8. The molecular weight excluding hydrogens is 1190 g/mol. The normalized spacial score (nSPS) is 14.1. The number of aromatic carboxylic acids is 1. The zero-order valence-electron chi connectivity index (χ0n) is 29.9. The molecular formula is C36H30I4N4Na2O9. The molecule has 19 heteroatoms. The Balaban J connectivity index is 0.000000369. The Kier molecular flexibility index (Phi) is 21.3. The van der Waals surface area contributed by atoms with Crippen molar-refractivity contribution in [2.24, 2.45) is 5.73 Å². The molecule has 0 aromatic heterocycles. The number of carbonyl (C=O) groups is 4. The third kappa shape index (κ3) is 13.4. The predicted octanol–water partition coefficient (Wildman–Crippen LogP) is -0.871. The van der Waals surface area contributed by atoms with Crippen molar-refractivity contribution in [2.75, 3.05) is 32.8 Å². The summed E-state index contributed by atoms with van der Waals surface area (Å²) >= 11 is 7.90. The third-order valence-corrected chi connectivity index (χ3v) is 11.2. The smallest absolute Gasteiger partial charge is 0.871 e. The monoisotopic (exact) mass is 1220 g/mol. The minimum Gasteiger partial charge on any atom is -0.871 e. The second-order valence-electron chi connectivity index (χ2n) is 11.5. The molecule has 3 aromatic rings. The number of nitro benzene ring substituents is 1. The molecule has 0 radical (unpaired) electrons. The van der Waals surface area contributed by atoms with Gasteiger partial charge in [-0.1, -0.05) is 42.1 Å². The first-order valence-corrected chi connectivity index (χ1v) is 20.1. The van der Waals surface area contributed by atoms with Crippen LogP contribution in [0.4, 0.5) is 10.5 Å². The minimum atomic E-state index is -1.29. The number of amides is 2. The van der Waals surface area contributed by atoms with E-state index >= 15 is 0 Å². The summed E-state index contributed by atoms with van der Waals surface area (Å²) in [5.41, 5.74) is 9.14. The van der Waals surface area contributed by atoms with Crippen LogP contribution in [0.25, 0.3) is 5.57 Å². The molecule has 1 saturated heterocycles. The van der Waals surface area contributed by atoms with Crippen LogP contribution in [-0.4, -0.2) is 77.3 Å². The summed E-state index contributed by atoms with van der Waals surface area (Å²) in [6, 6.07) is 15.4. The summed E-state index contributed by atoms with van der Waals surface area (Å²) in [5.74, 6) is -1.66. The van der Waals surface area contributed by atoms with E-state index < -0.39 is 16.9 Å². The number of Topliss-reactive ketones (excluding diaryl/α,β-unsaturated/α-hetero) is 1. The van der Waals surface area contributed by atoms with Crippen molar-refractivity contribution >= 4 is 125 Å². The first kappa shape index (κ1) is 50.0. The van der Waals surface area contributed by atoms with Gasteiger partial charge in [-0.3, -0.25) is 19.7 Å². The number of carbonyl (C=O) groups excluding carboxylic acids is 4. The van der Waals surface area contributed by atoms with Crippen LogP contribution in [0.1, 0.15) is 34.0 Å². The molecule has 1 fully saturated rings. The van der Waals surface area contributed by atoms with Gasteiger partial charge in [-0.2, -0.15) is 0 Å². The number of non-ortho nitro benzene ring substituents is 1. The number of ketones is 1. The van der Waals surface area contributed by atoms with Crippen molar-refractivity contribution in [3.8, 4) is 5.75 Å². The number of benzene rings is 3. The SMILES string of the molecule is CCOC(=O)N1CCN(C(=O)[C@@H](N)Cc2cccc([N+](=O)[O-])c2)CC1.O=C1C(I)=CC(=C(c2cc(I)c([O-])c(I)c2)c2ccccc2C(=O)[O-])C=C1I.[Na+].[Na+]. The number of hydrogen-bond acceptors (Lipinski definition) is 10. The number of ether oxygens (including phenoxy) is 1. The van der Waals surface area contributed by atoms with Gasteiger partial charge in [-0.05, 0) is 156 Å². The van der Waals surface area contributed by atoms with Crippen molar-refractivity contribution in [2.45, 2.75) is 19.4 Å². The Bertz CT molecular complexity index is 2010. The van der Waals surface area contributed by atoms with Gasteiger partial charge in [-0.25, -0.2) is 4.79 Å². The van der Waals surface area contributed by atoms with Crippen LogP contribution >= 0.6 is 90.4 Å². The molecule has 2 amide bonds. The van der Waals surface area contributed by atoms with Gasteiger partial charge in [0.2, 0.25) is 11.7 Å². The van der Waals surface area contributed by atoms with Crippen molar-refractivity contribution in [1.82, 2.24) is 9.80 Å². The van der Waals surface area contributed by atoms with E-state index in [2.05, 4.69) is 0 Å². The zero-order chi connectivity index (χ0) is 39.0.